The number of hydrogen-bond donors (Lipinski definition) is 1. The summed E-state index contributed by atoms with van der Waals surface area (Å²) in [7, 11) is 0. The molecule has 0 bridgehead atoms. The van der Waals surface area contributed by atoms with Crippen molar-refractivity contribution in [2.45, 2.75) is 36.5 Å². The summed E-state index contributed by atoms with van der Waals surface area (Å²) in [5, 5.41) is 3.14. The van der Waals surface area contributed by atoms with Crippen molar-refractivity contribution in [1.82, 2.24) is 19.9 Å². The zero-order chi connectivity index (χ0) is 24.5. The molecule has 6 rings (SSSR count). The first kappa shape index (κ1) is 23.6. The van der Waals surface area contributed by atoms with Crippen LogP contribution in [0.15, 0.2) is 41.7 Å². The van der Waals surface area contributed by atoms with E-state index in [4.69, 9.17) is 4.74 Å². The third-order valence-corrected chi connectivity index (χ3v) is 9.05. The highest BCUT2D eigenvalue weighted by Crippen LogP contribution is 2.47. The van der Waals surface area contributed by atoms with E-state index in [9.17, 15) is 0 Å². The molecule has 0 spiro atoms. The number of halogens is 1. The van der Waals surface area contributed by atoms with Gasteiger partial charge in [-0.3, -0.25) is 4.98 Å². The molecule has 7 nitrogen and oxygen atoms in total. The predicted molar refractivity (Wildman–Crippen MR) is 144 cm³/mol. The van der Waals surface area contributed by atoms with Crippen LogP contribution in [-0.4, -0.2) is 52.5 Å². The van der Waals surface area contributed by atoms with Gasteiger partial charge in [0.2, 0.25) is 5.95 Å². The molecule has 0 aromatic carbocycles. The lowest BCUT2D eigenvalue weighted by molar-refractivity contribution is 0.122. The molecule has 10 heteroatoms. The largest absolute Gasteiger partial charge is 0.378 e. The summed E-state index contributed by atoms with van der Waals surface area (Å²) in [5.41, 5.74) is 3.62. The average Bonchev–Trinajstić information content (AvgIpc) is 3.59. The Labute approximate surface area is 217 Å². The molecule has 186 valence electrons. The first-order chi connectivity index (χ1) is 17.7. The van der Waals surface area contributed by atoms with Crippen LogP contribution >= 0.6 is 23.1 Å². The van der Waals surface area contributed by atoms with E-state index in [-0.39, 0.29) is 0 Å². The van der Waals surface area contributed by atoms with Crippen LogP contribution in [0.25, 0.3) is 20.8 Å². The van der Waals surface area contributed by atoms with Crippen molar-refractivity contribution in [3.05, 3.63) is 48.2 Å². The molecule has 0 atom stereocenters. The van der Waals surface area contributed by atoms with Crippen molar-refractivity contribution in [1.29, 1.82) is 0 Å². The fourth-order valence-corrected chi connectivity index (χ4v) is 7.37. The van der Waals surface area contributed by atoms with Crippen LogP contribution in [0.5, 0.6) is 0 Å². The highest BCUT2D eigenvalue weighted by molar-refractivity contribution is 7.99. The highest BCUT2D eigenvalue weighted by Gasteiger charge is 2.25. The molecule has 0 amide bonds. The van der Waals surface area contributed by atoms with Gasteiger partial charge in [0.05, 0.1) is 51.3 Å². The van der Waals surface area contributed by atoms with E-state index in [1.165, 1.54) is 37.4 Å². The third kappa shape index (κ3) is 4.53. The van der Waals surface area contributed by atoms with E-state index in [2.05, 4.69) is 36.2 Å². The zero-order valence-corrected chi connectivity index (χ0v) is 21.7. The van der Waals surface area contributed by atoms with Gasteiger partial charge in [0.1, 0.15) is 11.5 Å². The summed E-state index contributed by atoms with van der Waals surface area (Å²) in [5.74, 6) is 1.03. The number of nitrogens with zero attached hydrogens (tertiary/aromatic N) is 5. The summed E-state index contributed by atoms with van der Waals surface area (Å²) in [6.07, 6.45) is 11.9. The van der Waals surface area contributed by atoms with Crippen LogP contribution in [0.2, 0.25) is 0 Å². The first-order valence-electron chi connectivity index (χ1n) is 12.3. The van der Waals surface area contributed by atoms with E-state index >= 15 is 4.39 Å². The number of rotatable bonds is 6. The summed E-state index contributed by atoms with van der Waals surface area (Å²) < 4.78 is 21.7. The lowest BCUT2D eigenvalue weighted by Crippen LogP contribution is -2.36. The lowest BCUT2D eigenvalue weighted by Gasteiger charge is -2.28. The second-order valence-corrected chi connectivity index (χ2v) is 10.9. The molecule has 2 aliphatic rings. The summed E-state index contributed by atoms with van der Waals surface area (Å²) in [6, 6.07) is 6.04. The van der Waals surface area contributed by atoms with Gasteiger partial charge in [-0.25, -0.2) is 19.3 Å². The minimum absolute atomic E-state index is 0.294. The number of thiophene rings is 1. The van der Waals surface area contributed by atoms with Crippen molar-refractivity contribution in [3.8, 4) is 10.6 Å². The van der Waals surface area contributed by atoms with Gasteiger partial charge in [0.15, 0.2) is 5.82 Å². The van der Waals surface area contributed by atoms with Gasteiger partial charge in [0.25, 0.3) is 0 Å². The Morgan fingerprint density at radius 1 is 1.08 bits per heavy atom. The summed E-state index contributed by atoms with van der Waals surface area (Å²) in [4.78, 5) is 22.0. The number of aromatic nitrogens is 4. The maximum Gasteiger partial charge on any atom is 0.229 e. The molecular formula is C26H27FN6OS2. The van der Waals surface area contributed by atoms with Crippen LogP contribution in [0.1, 0.15) is 37.2 Å². The molecule has 1 saturated heterocycles. The second kappa shape index (κ2) is 10.3. The third-order valence-electron chi connectivity index (χ3n) is 6.88. The smallest absolute Gasteiger partial charge is 0.229 e. The van der Waals surface area contributed by atoms with Crippen LogP contribution in [0.3, 0.4) is 0 Å². The van der Waals surface area contributed by atoms with E-state index in [1.54, 1.807) is 23.1 Å². The van der Waals surface area contributed by atoms with Gasteiger partial charge in [-0.1, -0.05) is 12.8 Å². The van der Waals surface area contributed by atoms with E-state index in [0.717, 1.165) is 52.0 Å². The molecule has 4 aromatic rings. The highest BCUT2D eigenvalue weighted by atomic mass is 32.2. The molecule has 5 heterocycles. The van der Waals surface area contributed by atoms with Gasteiger partial charge in [0, 0.05) is 19.3 Å². The number of anilines is 3. The SMILES string of the molecule is CSc1c(-c2nc(Nc3ccc(N4CCOCC4)cn3)ncc2F)sc2c(C3CCCC3)ccnc12. The summed E-state index contributed by atoms with van der Waals surface area (Å²) in [6.45, 7) is 3.14. The van der Waals surface area contributed by atoms with Crippen molar-refractivity contribution in [3.63, 3.8) is 0 Å². The van der Waals surface area contributed by atoms with E-state index in [0.29, 0.717) is 23.4 Å². The number of nitrogens with one attached hydrogen (secondary N) is 1. The lowest BCUT2D eigenvalue weighted by atomic mass is 9.98. The number of pyridine rings is 2. The number of fused-ring (bicyclic) bond motifs is 1. The second-order valence-electron chi connectivity index (χ2n) is 9.04. The van der Waals surface area contributed by atoms with Crippen molar-refractivity contribution >= 4 is 50.8 Å². The Kier molecular flexibility index (Phi) is 6.73. The van der Waals surface area contributed by atoms with E-state index < -0.39 is 5.82 Å². The topological polar surface area (TPSA) is 76.1 Å². The molecule has 36 heavy (non-hydrogen) atoms. The number of morpholine rings is 1. The van der Waals surface area contributed by atoms with Crippen LogP contribution in [0, 0.1) is 5.82 Å². The Hall–Kier alpha value is -2.82. The van der Waals surface area contributed by atoms with Crippen molar-refractivity contribution < 1.29 is 9.13 Å². The van der Waals surface area contributed by atoms with Gasteiger partial charge >= 0.3 is 0 Å². The molecule has 1 aliphatic carbocycles. The number of thioether (sulfide) groups is 1. The first-order valence-corrected chi connectivity index (χ1v) is 14.3. The Bertz CT molecular complexity index is 1370. The molecule has 0 unspecified atom stereocenters. The molecule has 1 aliphatic heterocycles. The van der Waals surface area contributed by atoms with Crippen LogP contribution in [0.4, 0.5) is 21.8 Å². The van der Waals surface area contributed by atoms with Gasteiger partial charge in [-0.05, 0) is 48.8 Å². The predicted octanol–water partition coefficient (Wildman–Crippen LogP) is 6.25. The molecule has 1 saturated carbocycles. The van der Waals surface area contributed by atoms with Gasteiger partial charge in [-0.2, -0.15) is 0 Å². The van der Waals surface area contributed by atoms with E-state index in [1.807, 2.05) is 30.8 Å². The summed E-state index contributed by atoms with van der Waals surface area (Å²) >= 11 is 3.18. The van der Waals surface area contributed by atoms with Crippen LogP contribution < -0.4 is 10.2 Å². The minimum atomic E-state index is -0.444. The standard InChI is InChI=1S/C26H27FN6OS2/c1-35-24-22-23(18(8-9-28-22)16-4-2-3-5-16)36-25(24)21-19(27)15-30-26(32-21)31-20-7-6-17(14-29-20)33-10-12-34-13-11-33/h6-9,14-16H,2-5,10-13H2,1H3,(H,29,30,31,32). The fourth-order valence-electron chi connectivity index (χ4n) is 5.06. The minimum Gasteiger partial charge on any atom is -0.378 e. The molecule has 0 radical (unpaired) electrons. The normalized spacial score (nSPS) is 16.7. The molecule has 2 fully saturated rings. The molecule has 4 aromatic heterocycles. The van der Waals surface area contributed by atoms with Crippen LogP contribution in [-0.2, 0) is 4.74 Å². The Morgan fingerprint density at radius 2 is 1.92 bits per heavy atom. The monoisotopic (exact) mass is 522 g/mol. The maximum atomic E-state index is 15.1. The average molecular weight is 523 g/mol. The molecular weight excluding hydrogens is 495 g/mol. The zero-order valence-electron chi connectivity index (χ0n) is 20.0. The van der Waals surface area contributed by atoms with Crippen molar-refractivity contribution in [2.24, 2.45) is 0 Å². The van der Waals surface area contributed by atoms with Gasteiger partial charge in [-0.15, -0.1) is 23.1 Å². The fraction of sp³-hybridized carbons (Fsp3) is 0.385. The van der Waals surface area contributed by atoms with Gasteiger partial charge < -0.3 is 15.0 Å². The maximum absolute atomic E-state index is 15.1. The number of hydrogen-bond acceptors (Lipinski definition) is 9. The number of ether oxygens (including phenoxy) is 1. The quantitative estimate of drug-likeness (QED) is 0.298. The Morgan fingerprint density at radius 3 is 2.67 bits per heavy atom. The van der Waals surface area contributed by atoms with Crippen molar-refractivity contribution in [2.75, 3.05) is 42.8 Å². The Balaban J connectivity index is 1.32. The molecule has 1 N–H and O–H groups in total.